The summed E-state index contributed by atoms with van der Waals surface area (Å²) in [6, 6.07) is 4.24. The normalized spacial score (nSPS) is 15.6. The van der Waals surface area contributed by atoms with Crippen LogP contribution in [0.5, 0.6) is 0 Å². The Kier molecular flexibility index (Phi) is 5.72. The number of fused-ring (bicyclic) bond motifs is 1. The van der Waals surface area contributed by atoms with Gasteiger partial charge in [0.05, 0.1) is 6.54 Å². The third kappa shape index (κ3) is 3.86. The van der Waals surface area contributed by atoms with Gasteiger partial charge in [-0.15, -0.1) is 0 Å². The average Bonchev–Trinajstić information content (AvgIpc) is 2.55. The van der Waals surface area contributed by atoms with Gasteiger partial charge in [-0.3, -0.25) is 0 Å². The Morgan fingerprint density at radius 1 is 1.07 bits per heavy atom. The van der Waals surface area contributed by atoms with Gasteiger partial charge in [-0.1, -0.05) is 13.5 Å². The van der Waals surface area contributed by atoms with Crippen LogP contribution in [0, 0.1) is 17.5 Å². The van der Waals surface area contributed by atoms with Crippen molar-refractivity contribution >= 4 is 12.0 Å². The molecule has 0 aromatic heterocycles. The third-order valence-electron chi connectivity index (χ3n) is 4.06. The number of aliphatic imine (C=N–C) groups is 1. The second-order valence-corrected chi connectivity index (χ2v) is 5.78. The molecule has 27 heavy (non-hydrogen) atoms. The maximum Gasteiger partial charge on any atom is 0.347 e. The number of hydrogen-bond acceptors (Lipinski definition) is 1. The fourth-order valence-corrected chi connectivity index (χ4v) is 2.97. The minimum absolute atomic E-state index is 0. The van der Waals surface area contributed by atoms with E-state index in [1.54, 1.807) is 0 Å². The van der Waals surface area contributed by atoms with Gasteiger partial charge < -0.3 is 16.4 Å². The van der Waals surface area contributed by atoms with E-state index in [1.165, 1.54) is 12.1 Å². The van der Waals surface area contributed by atoms with Crippen LogP contribution in [0.2, 0.25) is 0 Å². The fraction of sp³-hybridized carbons (Fsp3) is 0.222. The highest BCUT2D eigenvalue weighted by molar-refractivity contribution is 5.90. The largest absolute Gasteiger partial charge is 0.370 e. The Balaban J connectivity index is 0.00000261. The minimum atomic E-state index is -1.85. The van der Waals surface area contributed by atoms with Gasteiger partial charge in [0, 0.05) is 23.7 Å². The van der Waals surface area contributed by atoms with Crippen LogP contribution in [0.4, 0.5) is 22.4 Å². The second-order valence-electron chi connectivity index (χ2n) is 5.78. The predicted octanol–water partition coefficient (Wildman–Crippen LogP) is 3.63. The highest BCUT2D eigenvalue weighted by Crippen LogP contribution is 2.38. The Morgan fingerprint density at radius 2 is 1.74 bits per heavy atom. The van der Waals surface area contributed by atoms with E-state index in [9.17, 15) is 22.4 Å². The monoisotopic (exact) mass is 382 g/mol. The summed E-state index contributed by atoms with van der Waals surface area (Å²) < 4.78 is 56.0. The van der Waals surface area contributed by atoms with E-state index in [0.29, 0.717) is 6.07 Å². The van der Waals surface area contributed by atoms with Crippen LogP contribution in [0.3, 0.4) is 0 Å². The molecule has 1 heterocycles. The van der Waals surface area contributed by atoms with Gasteiger partial charge >= 0.3 is 6.03 Å². The maximum atomic E-state index is 14.5. The first-order valence-electron chi connectivity index (χ1n) is 7.57. The highest BCUT2D eigenvalue weighted by Gasteiger charge is 2.33. The Morgan fingerprint density at radius 3 is 2.37 bits per heavy atom. The number of carbonyl (C=O) groups excluding carboxylic acids is 1. The molecule has 0 aliphatic carbocycles. The summed E-state index contributed by atoms with van der Waals surface area (Å²) in [6.45, 7) is -0.676. The fourth-order valence-electron chi connectivity index (χ4n) is 2.97. The summed E-state index contributed by atoms with van der Waals surface area (Å²) in [4.78, 5) is 16.3. The van der Waals surface area contributed by atoms with Crippen LogP contribution in [0.15, 0.2) is 35.3 Å². The van der Waals surface area contributed by atoms with Crippen molar-refractivity contribution in [3.8, 4) is 11.1 Å². The molecule has 2 aromatic carbocycles. The van der Waals surface area contributed by atoms with Crippen LogP contribution in [-0.4, -0.2) is 23.4 Å². The van der Waals surface area contributed by atoms with Crippen molar-refractivity contribution in [3.05, 3.63) is 58.9 Å². The van der Waals surface area contributed by atoms with Crippen molar-refractivity contribution in [1.82, 2.24) is 4.90 Å². The Bertz CT molecular complexity index is 912. The van der Waals surface area contributed by atoms with E-state index in [2.05, 4.69) is 4.99 Å². The van der Waals surface area contributed by atoms with Gasteiger partial charge in [0.2, 0.25) is 0 Å². The van der Waals surface area contributed by atoms with E-state index >= 15 is 0 Å². The number of nitrogens with zero attached hydrogens (tertiary/aromatic N) is 2. The summed E-state index contributed by atoms with van der Waals surface area (Å²) in [5.41, 5.74) is 10.2. The van der Waals surface area contributed by atoms with Crippen LogP contribution in [0.25, 0.3) is 11.1 Å². The summed E-state index contributed by atoms with van der Waals surface area (Å²) in [5.74, 6) is -2.98. The first-order valence-corrected chi connectivity index (χ1v) is 7.57. The lowest BCUT2D eigenvalue weighted by Gasteiger charge is -2.31. The smallest absolute Gasteiger partial charge is 0.347 e. The number of rotatable bonds is 1. The lowest BCUT2D eigenvalue weighted by Crippen LogP contribution is -2.38. The number of benzene rings is 2. The van der Waals surface area contributed by atoms with Crippen LogP contribution in [-0.2, 0) is 6.54 Å². The van der Waals surface area contributed by atoms with Gasteiger partial charge in [0.25, 0.3) is 0 Å². The first kappa shape index (κ1) is 20.2. The second kappa shape index (κ2) is 7.65. The molecule has 2 amide bonds. The quantitative estimate of drug-likeness (QED) is 0.449. The van der Waals surface area contributed by atoms with Crippen LogP contribution in [0.1, 0.15) is 24.7 Å². The SMILES string of the molecule is C.NC(N)=NC(=O)N1Cc2c(-c3ccc(F)cc3F)ccc(F)c2C(F)C1. The number of halogens is 4. The zero-order chi connectivity index (χ0) is 19.0. The molecule has 9 heteroatoms. The van der Waals surface area contributed by atoms with Gasteiger partial charge in [-0.25, -0.2) is 22.4 Å². The van der Waals surface area contributed by atoms with Gasteiger partial charge in [0.15, 0.2) is 5.96 Å². The predicted molar refractivity (Wildman–Crippen MR) is 93.9 cm³/mol. The molecule has 0 saturated heterocycles. The van der Waals surface area contributed by atoms with E-state index in [1.807, 2.05) is 0 Å². The van der Waals surface area contributed by atoms with Crippen molar-refractivity contribution in [1.29, 1.82) is 0 Å². The van der Waals surface area contributed by atoms with Crippen molar-refractivity contribution in [2.45, 2.75) is 20.1 Å². The number of guanidine groups is 1. The molecule has 1 aliphatic heterocycles. The molecule has 0 radical (unpaired) electrons. The molecule has 2 aromatic rings. The van der Waals surface area contributed by atoms with Crippen molar-refractivity contribution in [3.63, 3.8) is 0 Å². The van der Waals surface area contributed by atoms with E-state index in [0.717, 1.165) is 17.0 Å². The summed E-state index contributed by atoms with van der Waals surface area (Å²) >= 11 is 0. The Labute approximate surface area is 153 Å². The number of hydrogen-bond donors (Lipinski definition) is 2. The van der Waals surface area contributed by atoms with Crippen molar-refractivity contribution in [2.75, 3.05) is 6.54 Å². The average molecular weight is 382 g/mol. The molecule has 1 unspecified atom stereocenters. The highest BCUT2D eigenvalue weighted by atomic mass is 19.1. The molecule has 3 rings (SSSR count). The lowest BCUT2D eigenvalue weighted by atomic mass is 9.89. The molecule has 1 atom stereocenters. The maximum absolute atomic E-state index is 14.5. The number of carbonyl (C=O) groups is 1. The number of alkyl halides is 1. The number of urea groups is 1. The molecule has 144 valence electrons. The topological polar surface area (TPSA) is 84.7 Å². The molecule has 0 bridgehead atoms. The lowest BCUT2D eigenvalue weighted by molar-refractivity contribution is 0.166. The molecular formula is C18H18F4N4O. The molecule has 4 N–H and O–H groups in total. The molecule has 1 aliphatic rings. The van der Waals surface area contributed by atoms with Crippen molar-refractivity contribution in [2.24, 2.45) is 16.5 Å². The van der Waals surface area contributed by atoms with Gasteiger partial charge in [0.1, 0.15) is 23.6 Å². The Hall–Kier alpha value is -3.10. The molecular weight excluding hydrogens is 364 g/mol. The summed E-state index contributed by atoms with van der Waals surface area (Å²) in [5, 5.41) is 0. The molecule has 0 saturated carbocycles. The summed E-state index contributed by atoms with van der Waals surface area (Å²) in [6.07, 6.45) is -1.85. The zero-order valence-corrected chi connectivity index (χ0v) is 13.3. The van der Waals surface area contributed by atoms with Crippen molar-refractivity contribution < 1.29 is 22.4 Å². The first-order chi connectivity index (χ1) is 12.3. The van der Waals surface area contributed by atoms with Crippen LogP contribution < -0.4 is 11.5 Å². The van der Waals surface area contributed by atoms with E-state index < -0.39 is 42.2 Å². The van der Waals surface area contributed by atoms with Gasteiger partial charge in [-0.05, 0) is 29.3 Å². The zero-order valence-electron chi connectivity index (χ0n) is 13.3. The van der Waals surface area contributed by atoms with Crippen LogP contribution >= 0.6 is 0 Å². The third-order valence-corrected chi connectivity index (χ3v) is 4.06. The van der Waals surface area contributed by atoms with Gasteiger partial charge in [-0.2, -0.15) is 4.99 Å². The number of amides is 2. The van der Waals surface area contributed by atoms with E-state index in [4.69, 9.17) is 11.5 Å². The minimum Gasteiger partial charge on any atom is -0.370 e. The molecule has 0 spiro atoms. The summed E-state index contributed by atoms with van der Waals surface area (Å²) in [7, 11) is 0. The molecule has 0 fully saturated rings. The molecule has 5 nitrogen and oxygen atoms in total. The van der Waals surface area contributed by atoms with E-state index in [-0.39, 0.29) is 36.2 Å². The standard InChI is InChI=1S/C17H14F4N4O.CH4/c18-8-1-2-10(13(20)5-8)9-3-4-12(19)15-11(9)6-25(7-14(15)21)17(26)24-16(22)23;/h1-5,14H,6-7H2,(H4,22,23,24,26);1H4. The number of nitrogens with two attached hydrogens (primary N) is 2.